The average Bonchev–Trinajstić information content (AvgIpc) is 2.49. The topological polar surface area (TPSA) is 54.1 Å². The Balaban J connectivity index is 1.67. The molecule has 1 atom stereocenters. The second-order valence-corrected chi connectivity index (χ2v) is 5.92. The number of aromatic nitrogens is 1. The fraction of sp³-hybridized carbons (Fsp3) is 0.471. The molecule has 0 radical (unpaired) electrons. The monoisotopic (exact) mass is 286 g/mol. The van der Waals surface area contributed by atoms with Crippen molar-refractivity contribution in [3.05, 3.63) is 45.7 Å². The lowest BCUT2D eigenvalue weighted by atomic mass is 10.0. The largest absolute Gasteiger partial charge is 0.381 e. The Hall–Kier alpha value is -1.65. The molecule has 1 aliphatic heterocycles. The van der Waals surface area contributed by atoms with Crippen molar-refractivity contribution in [1.29, 1.82) is 0 Å². The van der Waals surface area contributed by atoms with Gasteiger partial charge in [0.1, 0.15) is 0 Å². The summed E-state index contributed by atoms with van der Waals surface area (Å²) in [6.45, 7) is 5.37. The number of rotatable bonds is 4. The van der Waals surface area contributed by atoms with Crippen LogP contribution >= 0.6 is 0 Å². The highest BCUT2D eigenvalue weighted by molar-refractivity contribution is 5.79. The van der Waals surface area contributed by atoms with Crippen LogP contribution in [0.2, 0.25) is 0 Å². The predicted octanol–water partition coefficient (Wildman–Crippen LogP) is 2.35. The smallest absolute Gasteiger partial charge is 0.189 e. The first-order chi connectivity index (χ1) is 10.2. The SMILES string of the molecule is Cc1ccc2[nH]c(CNC[C@H]3CCCOC3)cc(=O)c2c1. The molecule has 2 heterocycles. The van der Waals surface area contributed by atoms with Crippen molar-refractivity contribution in [3.63, 3.8) is 0 Å². The standard InChI is InChI=1S/C17H22N2O2/c1-12-4-5-16-15(7-12)17(20)8-14(19-16)10-18-9-13-3-2-6-21-11-13/h4-5,7-8,13,18H,2-3,6,9-11H2,1H3,(H,19,20)/t13-/m1/s1. The maximum atomic E-state index is 12.1. The van der Waals surface area contributed by atoms with E-state index in [1.807, 2.05) is 25.1 Å². The number of hydrogen-bond donors (Lipinski definition) is 2. The van der Waals surface area contributed by atoms with Crippen molar-refractivity contribution in [1.82, 2.24) is 10.3 Å². The van der Waals surface area contributed by atoms with Gasteiger partial charge in [-0.1, -0.05) is 11.6 Å². The second kappa shape index (κ2) is 6.41. The van der Waals surface area contributed by atoms with Gasteiger partial charge in [-0.2, -0.15) is 0 Å². The molecular formula is C17H22N2O2. The molecule has 1 aromatic heterocycles. The molecule has 4 heteroatoms. The fourth-order valence-corrected chi connectivity index (χ4v) is 2.89. The third-order valence-electron chi connectivity index (χ3n) is 4.04. The number of pyridine rings is 1. The number of fused-ring (bicyclic) bond motifs is 1. The van der Waals surface area contributed by atoms with Crippen LogP contribution in [-0.4, -0.2) is 24.7 Å². The lowest BCUT2D eigenvalue weighted by Gasteiger charge is -2.22. The molecule has 1 aliphatic rings. The molecule has 0 spiro atoms. The van der Waals surface area contributed by atoms with Gasteiger partial charge in [-0.25, -0.2) is 0 Å². The van der Waals surface area contributed by atoms with Gasteiger partial charge < -0.3 is 15.0 Å². The first-order valence-electron chi connectivity index (χ1n) is 7.63. The molecule has 4 nitrogen and oxygen atoms in total. The van der Waals surface area contributed by atoms with Crippen LogP contribution in [0.4, 0.5) is 0 Å². The molecule has 0 unspecified atom stereocenters. The zero-order valence-corrected chi connectivity index (χ0v) is 12.4. The molecule has 1 saturated heterocycles. The van der Waals surface area contributed by atoms with E-state index in [9.17, 15) is 4.79 Å². The van der Waals surface area contributed by atoms with E-state index in [1.54, 1.807) is 6.07 Å². The first-order valence-corrected chi connectivity index (χ1v) is 7.63. The van der Waals surface area contributed by atoms with Crippen LogP contribution in [0.5, 0.6) is 0 Å². The number of H-pyrrole nitrogens is 1. The molecule has 0 bridgehead atoms. The van der Waals surface area contributed by atoms with Crippen LogP contribution in [0, 0.1) is 12.8 Å². The van der Waals surface area contributed by atoms with E-state index in [4.69, 9.17) is 4.74 Å². The molecule has 0 aliphatic carbocycles. The van der Waals surface area contributed by atoms with Crippen LogP contribution in [0.25, 0.3) is 10.9 Å². The third-order valence-corrected chi connectivity index (χ3v) is 4.04. The number of ether oxygens (including phenoxy) is 1. The summed E-state index contributed by atoms with van der Waals surface area (Å²) in [6.07, 6.45) is 2.37. The van der Waals surface area contributed by atoms with Crippen molar-refractivity contribution >= 4 is 10.9 Å². The van der Waals surface area contributed by atoms with Crippen molar-refractivity contribution < 1.29 is 4.74 Å². The Morgan fingerprint density at radius 3 is 3.10 bits per heavy atom. The Morgan fingerprint density at radius 2 is 2.29 bits per heavy atom. The van der Waals surface area contributed by atoms with Crippen molar-refractivity contribution in [2.24, 2.45) is 5.92 Å². The second-order valence-electron chi connectivity index (χ2n) is 5.92. The maximum absolute atomic E-state index is 12.1. The summed E-state index contributed by atoms with van der Waals surface area (Å²) in [6, 6.07) is 7.64. The molecule has 21 heavy (non-hydrogen) atoms. The number of nitrogens with one attached hydrogen (secondary N) is 2. The van der Waals surface area contributed by atoms with Gasteiger partial charge in [0.05, 0.1) is 6.61 Å². The zero-order valence-electron chi connectivity index (χ0n) is 12.4. The highest BCUT2D eigenvalue weighted by Gasteiger charge is 2.13. The molecule has 0 amide bonds. The maximum Gasteiger partial charge on any atom is 0.189 e. The fourth-order valence-electron chi connectivity index (χ4n) is 2.89. The highest BCUT2D eigenvalue weighted by Crippen LogP contribution is 2.13. The van der Waals surface area contributed by atoms with Gasteiger partial charge in [-0.3, -0.25) is 4.79 Å². The van der Waals surface area contributed by atoms with Crippen LogP contribution < -0.4 is 10.7 Å². The predicted molar refractivity (Wildman–Crippen MR) is 84.6 cm³/mol. The van der Waals surface area contributed by atoms with Gasteiger partial charge in [0.15, 0.2) is 5.43 Å². The van der Waals surface area contributed by atoms with Crippen molar-refractivity contribution in [2.45, 2.75) is 26.3 Å². The quantitative estimate of drug-likeness (QED) is 0.907. The Morgan fingerprint density at radius 1 is 1.38 bits per heavy atom. The van der Waals surface area contributed by atoms with E-state index in [0.29, 0.717) is 12.5 Å². The Kier molecular flexibility index (Phi) is 4.36. The minimum Gasteiger partial charge on any atom is -0.381 e. The van der Waals surface area contributed by atoms with Gasteiger partial charge in [-0.05, 0) is 37.8 Å². The molecule has 2 aromatic rings. The average molecular weight is 286 g/mol. The summed E-state index contributed by atoms with van der Waals surface area (Å²) < 4.78 is 5.47. The Labute approximate surface area is 124 Å². The van der Waals surface area contributed by atoms with Gasteiger partial charge >= 0.3 is 0 Å². The molecule has 112 valence electrons. The van der Waals surface area contributed by atoms with Crippen LogP contribution in [0.3, 0.4) is 0 Å². The molecular weight excluding hydrogens is 264 g/mol. The van der Waals surface area contributed by atoms with Crippen molar-refractivity contribution in [2.75, 3.05) is 19.8 Å². The summed E-state index contributed by atoms with van der Waals surface area (Å²) in [5.41, 5.74) is 3.04. The third kappa shape index (κ3) is 3.52. The number of hydrogen-bond acceptors (Lipinski definition) is 3. The summed E-state index contributed by atoms with van der Waals surface area (Å²) in [4.78, 5) is 15.5. The molecule has 0 saturated carbocycles. The van der Waals surface area contributed by atoms with Crippen LogP contribution in [-0.2, 0) is 11.3 Å². The molecule has 1 aromatic carbocycles. The van der Waals surface area contributed by atoms with Gasteiger partial charge in [0, 0.05) is 42.4 Å². The highest BCUT2D eigenvalue weighted by atomic mass is 16.5. The molecule has 3 rings (SSSR count). The van der Waals surface area contributed by atoms with E-state index in [1.165, 1.54) is 6.42 Å². The van der Waals surface area contributed by atoms with E-state index < -0.39 is 0 Å². The minimum absolute atomic E-state index is 0.0882. The van der Waals surface area contributed by atoms with Gasteiger partial charge in [-0.15, -0.1) is 0 Å². The van der Waals surface area contributed by atoms with Gasteiger partial charge in [0.25, 0.3) is 0 Å². The van der Waals surface area contributed by atoms with E-state index in [2.05, 4.69) is 10.3 Å². The summed E-state index contributed by atoms with van der Waals surface area (Å²) in [5.74, 6) is 0.591. The molecule has 1 fully saturated rings. The normalized spacial score (nSPS) is 19.0. The number of aryl methyl sites for hydroxylation is 1. The summed E-state index contributed by atoms with van der Waals surface area (Å²) in [5, 5.41) is 4.19. The Bertz CT molecular complexity index is 672. The van der Waals surface area contributed by atoms with Crippen LogP contribution in [0.15, 0.2) is 29.1 Å². The lowest BCUT2D eigenvalue weighted by molar-refractivity contribution is 0.0547. The van der Waals surface area contributed by atoms with Crippen LogP contribution in [0.1, 0.15) is 24.1 Å². The van der Waals surface area contributed by atoms with E-state index in [0.717, 1.165) is 48.3 Å². The zero-order chi connectivity index (χ0) is 14.7. The minimum atomic E-state index is 0.0882. The van der Waals surface area contributed by atoms with Gasteiger partial charge in [0.2, 0.25) is 0 Å². The number of aromatic amines is 1. The number of benzene rings is 1. The van der Waals surface area contributed by atoms with Crippen molar-refractivity contribution in [3.8, 4) is 0 Å². The lowest BCUT2D eigenvalue weighted by Crippen LogP contribution is -2.29. The van der Waals surface area contributed by atoms with E-state index >= 15 is 0 Å². The summed E-state index contributed by atoms with van der Waals surface area (Å²) >= 11 is 0. The molecule has 2 N–H and O–H groups in total. The van der Waals surface area contributed by atoms with E-state index in [-0.39, 0.29) is 5.43 Å². The first kappa shape index (κ1) is 14.3. The summed E-state index contributed by atoms with van der Waals surface area (Å²) in [7, 11) is 0.